The average Bonchev–Trinajstić information content (AvgIpc) is 3.32. The molecule has 0 radical (unpaired) electrons. The third-order valence-corrected chi connectivity index (χ3v) is 6.15. The Labute approximate surface area is 197 Å². The molecule has 1 amide bonds. The molecule has 5 rings (SSSR count). The second kappa shape index (κ2) is 9.46. The molecule has 3 heterocycles. The van der Waals surface area contributed by atoms with Crippen molar-refractivity contribution in [2.45, 2.75) is 18.9 Å². The third kappa shape index (κ3) is 4.76. The molecule has 1 fully saturated rings. The topological polar surface area (TPSA) is 63.1 Å². The predicted molar refractivity (Wildman–Crippen MR) is 131 cm³/mol. The van der Waals surface area contributed by atoms with Crippen molar-refractivity contribution in [3.8, 4) is 16.9 Å². The Kier molecular flexibility index (Phi) is 6.09. The van der Waals surface area contributed by atoms with Gasteiger partial charge in [0.05, 0.1) is 11.3 Å². The number of nitrogens with zero attached hydrogens (tertiary/aromatic N) is 4. The van der Waals surface area contributed by atoms with Gasteiger partial charge in [-0.05, 0) is 49.2 Å². The Morgan fingerprint density at radius 2 is 1.67 bits per heavy atom. The molecule has 0 atom stereocenters. The summed E-state index contributed by atoms with van der Waals surface area (Å²) in [6.07, 6.45) is 5.35. The van der Waals surface area contributed by atoms with Crippen LogP contribution in [0.5, 0.6) is 0 Å². The summed E-state index contributed by atoms with van der Waals surface area (Å²) < 4.78 is 1.75. The maximum absolute atomic E-state index is 13.4. The molecule has 1 saturated heterocycles. The zero-order valence-corrected chi connectivity index (χ0v) is 18.8. The summed E-state index contributed by atoms with van der Waals surface area (Å²) >= 11 is 6.07. The molecular formula is C26H24ClN5O. The molecular weight excluding hydrogens is 434 g/mol. The van der Waals surface area contributed by atoms with Crippen LogP contribution in [0, 0.1) is 0 Å². The SMILES string of the molecule is O=C(NC1CCN(c2ccccn2)CC1)c1cn(-c2ccccc2)nc1-c1ccc(Cl)cc1. The Balaban J connectivity index is 1.36. The minimum absolute atomic E-state index is 0.107. The van der Waals surface area contributed by atoms with Crippen molar-refractivity contribution in [3.05, 3.63) is 95.8 Å². The van der Waals surface area contributed by atoms with Gasteiger partial charge in [0.25, 0.3) is 5.91 Å². The van der Waals surface area contributed by atoms with Gasteiger partial charge in [0, 0.05) is 42.1 Å². The van der Waals surface area contributed by atoms with E-state index in [4.69, 9.17) is 16.7 Å². The number of pyridine rings is 1. The number of rotatable bonds is 5. The summed E-state index contributed by atoms with van der Waals surface area (Å²) in [7, 11) is 0. The summed E-state index contributed by atoms with van der Waals surface area (Å²) in [4.78, 5) is 20.0. The van der Waals surface area contributed by atoms with E-state index in [0.29, 0.717) is 16.3 Å². The smallest absolute Gasteiger partial charge is 0.255 e. The monoisotopic (exact) mass is 457 g/mol. The van der Waals surface area contributed by atoms with Gasteiger partial charge in [0.15, 0.2) is 0 Å². The standard InChI is InChI=1S/C26H24ClN5O/c27-20-11-9-19(10-12-20)25-23(18-32(30-25)22-6-2-1-3-7-22)26(33)29-21-13-16-31(17-14-21)24-8-4-5-15-28-24/h1-12,15,18,21H,13-14,16-17H2,(H,29,33). The van der Waals surface area contributed by atoms with Crippen LogP contribution in [0.4, 0.5) is 5.82 Å². The van der Waals surface area contributed by atoms with Crippen LogP contribution in [-0.4, -0.2) is 39.8 Å². The fourth-order valence-electron chi connectivity index (χ4n) is 4.13. The summed E-state index contributed by atoms with van der Waals surface area (Å²) in [5, 5.41) is 8.62. The number of halogens is 1. The second-order valence-electron chi connectivity index (χ2n) is 8.10. The molecule has 1 aliphatic heterocycles. The van der Waals surface area contributed by atoms with E-state index in [1.165, 1.54) is 0 Å². The van der Waals surface area contributed by atoms with Crippen LogP contribution < -0.4 is 10.2 Å². The van der Waals surface area contributed by atoms with Crippen LogP contribution in [0.25, 0.3) is 16.9 Å². The number of carbonyl (C=O) groups is 1. The van der Waals surface area contributed by atoms with E-state index in [1.54, 1.807) is 10.9 Å². The number of anilines is 1. The van der Waals surface area contributed by atoms with Crippen molar-refractivity contribution in [2.24, 2.45) is 0 Å². The average molecular weight is 458 g/mol. The van der Waals surface area contributed by atoms with E-state index in [0.717, 1.165) is 43.0 Å². The summed E-state index contributed by atoms with van der Waals surface area (Å²) in [6.45, 7) is 1.71. The molecule has 0 aliphatic carbocycles. The Hall–Kier alpha value is -3.64. The van der Waals surface area contributed by atoms with Gasteiger partial charge in [-0.1, -0.05) is 48.0 Å². The predicted octanol–water partition coefficient (Wildman–Crippen LogP) is 4.99. The minimum atomic E-state index is -0.113. The van der Waals surface area contributed by atoms with Crippen molar-refractivity contribution >= 4 is 23.3 Å². The molecule has 0 saturated carbocycles. The lowest BCUT2D eigenvalue weighted by molar-refractivity contribution is 0.0931. The number of nitrogens with one attached hydrogen (secondary N) is 1. The van der Waals surface area contributed by atoms with E-state index in [2.05, 4.69) is 15.2 Å². The molecule has 2 aromatic carbocycles. The summed E-state index contributed by atoms with van der Waals surface area (Å²) in [6, 6.07) is 23.3. The van der Waals surface area contributed by atoms with Crippen LogP contribution in [0.15, 0.2) is 85.2 Å². The fourth-order valence-corrected chi connectivity index (χ4v) is 4.26. The lowest BCUT2D eigenvalue weighted by Crippen LogP contribution is -2.45. The van der Waals surface area contributed by atoms with Crippen LogP contribution in [-0.2, 0) is 0 Å². The van der Waals surface area contributed by atoms with Crippen molar-refractivity contribution in [3.63, 3.8) is 0 Å². The maximum atomic E-state index is 13.4. The van der Waals surface area contributed by atoms with Gasteiger partial charge < -0.3 is 10.2 Å². The quantitative estimate of drug-likeness (QED) is 0.458. The van der Waals surface area contributed by atoms with Gasteiger partial charge in [-0.2, -0.15) is 5.10 Å². The number of benzene rings is 2. The molecule has 4 aromatic rings. The molecule has 7 heteroatoms. The molecule has 0 bridgehead atoms. The first kappa shape index (κ1) is 21.2. The van der Waals surface area contributed by atoms with E-state index in [9.17, 15) is 4.79 Å². The van der Waals surface area contributed by atoms with E-state index < -0.39 is 0 Å². The van der Waals surface area contributed by atoms with Gasteiger partial charge in [0.1, 0.15) is 11.5 Å². The highest BCUT2D eigenvalue weighted by molar-refractivity contribution is 6.30. The van der Waals surface area contributed by atoms with Crippen molar-refractivity contribution in [1.82, 2.24) is 20.1 Å². The minimum Gasteiger partial charge on any atom is -0.356 e. The first-order chi connectivity index (χ1) is 16.2. The lowest BCUT2D eigenvalue weighted by atomic mass is 10.0. The third-order valence-electron chi connectivity index (χ3n) is 5.90. The first-order valence-electron chi connectivity index (χ1n) is 11.1. The number of carbonyl (C=O) groups excluding carboxylic acids is 1. The molecule has 1 aliphatic rings. The highest BCUT2D eigenvalue weighted by Gasteiger charge is 2.25. The molecule has 6 nitrogen and oxygen atoms in total. The van der Waals surface area contributed by atoms with Gasteiger partial charge >= 0.3 is 0 Å². The maximum Gasteiger partial charge on any atom is 0.255 e. The van der Waals surface area contributed by atoms with Crippen LogP contribution >= 0.6 is 11.6 Å². The van der Waals surface area contributed by atoms with Crippen LogP contribution in [0.2, 0.25) is 5.02 Å². The molecule has 0 spiro atoms. The number of amides is 1. The lowest BCUT2D eigenvalue weighted by Gasteiger charge is -2.33. The number of piperidine rings is 1. The van der Waals surface area contributed by atoms with Crippen LogP contribution in [0.3, 0.4) is 0 Å². The highest BCUT2D eigenvalue weighted by atomic mass is 35.5. The highest BCUT2D eigenvalue weighted by Crippen LogP contribution is 2.26. The van der Waals surface area contributed by atoms with Crippen molar-refractivity contribution in [1.29, 1.82) is 0 Å². The normalized spacial score (nSPS) is 14.3. The molecule has 1 N–H and O–H groups in total. The molecule has 166 valence electrons. The fraction of sp³-hybridized carbons (Fsp3) is 0.192. The zero-order chi connectivity index (χ0) is 22.6. The number of hydrogen-bond donors (Lipinski definition) is 1. The number of hydrogen-bond acceptors (Lipinski definition) is 4. The van der Waals surface area contributed by atoms with E-state index in [1.807, 2.05) is 79.0 Å². The van der Waals surface area contributed by atoms with Gasteiger partial charge in [-0.25, -0.2) is 9.67 Å². The summed E-state index contributed by atoms with van der Waals surface area (Å²) in [5.74, 6) is 0.870. The Bertz CT molecular complexity index is 1220. The Morgan fingerprint density at radius 1 is 0.939 bits per heavy atom. The number of para-hydroxylation sites is 1. The number of aromatic nitrogens is 3. The van der Waals surface area contributed by atoms with E-state index >= 15 is 0 Å². The first-order valence-corrected chi connectivity index (χ1v) is 11.4. The molecule has 2 aromatic heterocycles. The molecule has 33 heavy (non-hydrogen) atoms. The molecule has 0 unspecified atom stereocenters. The van der Waals surface area contributed by atoms with E-state index in [-0.39, 0.29) is 11.9 Å². The van der Waals surface area contributed by atoms with Gasteiger partial charge in [-0.15, -0.1) is 0 Å². The Morgan fingerprint density at radius 3 is 2.36 bits per heavy atom. The summed E-state index contributed by atoms with van der Waals surface area (Å²) in [5.41, 5.74) is 2.94. The van der Waals surface area contributed by atoms with Crippen molar-refractivity contribution < 1.29 is 4.79 Å². The van der Waals surface area contributed by atoms with Gasteiger partial charge in [0.2, 0.25) is 0 Å². The zero-order valence-electron chi connectivity index (χ0n) is 18.1. The van der Waals surface area contributed by atoms with Crippen LogP contribution in [0.1, 0.15) is 23.2 Å². The van der Waals surface area contributed by atoms with Crippen molar-refractivity contribution in [2.75, 3.05) is 18.0 Å². The largest absolute Gasteiger partial charge is 0.356 e. The second-order valence-corrected chi connectivity index (χ2v) is 8.54. The van der Waals surface area contributed by atoms with Gasteiger partial charge in [-0.3, -0.25) is 4.79 Å².